The standard InChI is InChI=1S/C27H35NO4/c1-20-8-12-23(13-9-20)28-19-26(3,4)30-24-14-10-22(11-15-24)21(2)25-18-29-27(32-31-25)16-6-5-7-17-27/h8-15,25,28H,2,5-7,16-19H2,1,3-4H3. The van der Waals surface area contributed by atoms with Gasteiger partial charge in [-0.05, 0) is 69.0 Å². The fraction of sp³-hybridized carbons (Fsp3) is 0.481. The molecule has 2 aliphatic rings. The zero-order valence-electron chi connectivity index (χ0n) is 19.5. The maximum absolute atomic E-state index is 6.23. The molecule has 1 heterocycles. The van der Waals surface area contributed by atoms with Crippen LogP contribution in [0.1, 0.15) is 57.1 Å². The Kier molecular flexibility index (Phi) is 6.89. The zero-order chi connectivity index (χ0) is 22.6. The van der Waals surface area contributed by atoms with Crippen molar-refractivity contribution in [1.29, 1.82) is 0 Å². The summed E-state index contributed by atoms with van der Waals surface area (Å²) in [4.78, 5) is 11.4. The first-order valence-corrected chi connectivity index (χ1v) is 11.6. The molecule has 0 bridgehead atoms. The molecule has 2 aromatic rings. The average molecular weight is 438 g/mol. The van der Waals surface area contributed by atoms with Crippen molar-refractivity contribution in [2.45, 2.75) is 70.4 Å². The summed E-state index contributed by atoms with van der Waals surface area (Å²) in [5, 5.41) is 3.45. The van der Waals surface area contributed by atoms with Gasteiger partial charge >= 0.3 is 0 Å². The molecule has 1 spiro atoms. The van der Waals surface area contributed by atoms with Crippen LogP contribution < -0.4 is 10.1 Å². The van der Waals surface area contributed by atoms with Crippen LogP contribution in [0.5, 0.6) is 5.75 Å². The van der Waals surface area contributed by atoms with E-state index in [1.807, 2.05) is 24.3 Å². The molecule has 1 atom stereocenters. The van der Waals surface area contributed by atoms with E-state index in [9.17, 15) is 0 Å². The van der Waals surface area contributed by atoms with Crippen molar-refractivity contribution < 1.29 is 19.2 Å². The third-order valence-electron chi connectivity index (χ3n) is 6.21. The number of benzene rings is 2. The molecule has 4 rings (SSSR count). The van der Waals surface area contributed by atoms with E-state index in [1.165, 1.54) is 12.0 Å². The Morgan fingerprint density at radius 1 is 1.06 bits per heavy atom. The van der Waals surface area contributed by atoms with Crippen LogP contribution in [0.2, 0.25) is 0 Å². The topological polar surface area (TPSA) is 49.0 Å². The molecule has 1 saturated heterocycles. The van der Waals surface area contributed by atoms with E-state index in [4.69, 9.17) is 19.2 Å². The predicted molar refractivity (Wildman–Crippen MR) is 128 cm³/mol. The number of ether oxygens (including phenoxy) is 2. The van der Waals surface area contributed by atoms with Gasteiger partial charge in [0.2, 0.25) is 5.79 Å². The first kappa shape index (κ1) is 22.8. The summed E-state index contributed by atoms with van der Waals surface area (Å²) in [6.45, 7) is 11.6. The summed E-state index contributed by atoms with van der Waals surface area (Å²) in [6.07, 6.45) is 4.96. The average Bonchev–Trinajstić information content (AvgIpc) is 2.80. The Balaban J connectivity index is 1.29. The molecule has 1 aliphatic carbocycles. The largest absolute Gasteiger partial charge is 0.486 e. The minimum Gasteiger partial charge on any atom is -0.486 e. The van der Waals surface area contributed by atoms with Crippen molar-refractivity contribution in [3.63, 3.8) is 0 Å². The minimum absolute atomic E-state index is 0.301. The Bertz CT molecular complexity index is 888. The molecule has 2 fully saturated rings. The van der Waals surface area contributed by atoms with Gasteiger partial charge in [-0.15, -0.1) is 0 Å². The number of nitrogens with one attached hydrogen (secondary N) is 1. The first-order chi connectivity index (χ1) is 15.3. The van der Waals surface area contributed by atoms with Crippen molar-refractivity contribution >= 4 is 11.3 Å². The van der Waals surface area contributed by atoms with Crippen LogP contribution in [0.15, 0.2) is 55.1 Å². The van der Waals surface area contributed by atoms with Crippen molar-refractivity contribution in [2.75, 3.05) is 18.5 Å². The quantitative estimate of drug-likeness (QED) is 0.516. The van der Waals surface area contributed by atoms with E-state index in [-0.39, 0.29) is 11.7 Å². The lowest BCUT2D eigenvalue weighted by Crippen LogP contribution is -2.46. The molecule has 1 aliphatic heterocycles. The molecule has 2 aromatic carbocycles. The lowest BCUT2D eigenvalue weighted by molar-refractivity contribution is -0.483. The Hall–Kier alpha value is -2.34. The van der Waals surface area contributed by atoms with Crippen LogP contribution in [0.3, 0.4) is 0 Å². The summed E-state index contributed by atoms with van der Waals surface area (Å²) in [7, 11) is 0. The molecule has 5 heteroatoms. The lowest BCUT2D eigenvalue weighted by Gasteiger charge is -2.41. The molecule has 5 nitrogen and oxygen atoms in total. The Morgan fingerprint density at radius 3 is 2.38 bits per heavy atom. The molecule has 172 valence electrons. The number of anilines is 1. The van der Waals surface area contributed by atoms with E-state index >= 15 is 0 Å². The second-order valence-corrected chi connectivity index (χ2v) is 9.58. The molecule has 0 radical (unpaired) electrons. The van der Waals surface area contributed by atoms with Gasteiger partial charge in [0.25, 0.3) is 0 Å². The van der Waals surface area contributed by atoms with Crippen molar-refractivity contribution in [2.24, 2.45) is 0 Å². The Labute approximate surface area is 191 Å². The SMILES string of the molecule is C=C(c1ccc(OC(C)(C)CNc2ccc(C)cc2)cc1)C1COC2(CCCCC2)OO1. The van der Waals surface area contributed by atoms with Gasteiger partial charge in [-0.1, -0.05) is 42.8 Å². The van der Waals surface area contributed by atoms with Gasteiger partial charge in [-0.25, -0.2) is 9.78 Å². The molecular formula is C27H35NO4. The second-order valence-electron chi connectivity index (χ2n) is 9.58. The van der Waals surface area contributed by atoms with Gasteiger partial charge in [-0.3, -0.25) is 0 Å². The predicted octanol–water partition coefficient (Wildman–Crippen LogP) is 6.29. The highest BCUT2D eigenvalue weighted by Gasteiger charge is 2.41. The number of rotatable bonds is 7. The van der Waals surface area contributed by atoms with E-state index in [0.717, 1.165) is 48.3 Å². The summed E-state index contributed by atoms with van der Waals surface area (Å²) >= 11 is 0. The normalized spacial score (nSPS) is 20.7. The Morgan fingerprint density at radius 2 is 1.75 bits per heavy atom. The molecule has 0 aromatic heterocycles. The lowest BCUT2D eigenvalue weighted by atomic mass is 9.94. The molecular weight excluding hydrogens is 402 g/mol. The van der Waals surface area contributed by atoms with Gasteiger partial charge in [0.1, 0.15) is 17.5 Å². The third kappa shape index (κ3) is 5.71. The second kappa shape index (κ2) is 9.65. The van der Waals surface area contributed by atoms with Gasteiger partial charge < -0.3 is 14.8 Å². The van der Waals surface area contributed by atoms with Crippen LogP contribution in [0, 0.1) is 6.92 Å². The van der Waals surface area contributed by atoms with Crippen LogP contribution >= 0.6 is 0 Å². The van der Waals surface area contributed by atoms with E-state index in [0.29, 0.717) is 13.2 Å². The van der Waals surface area contributed by atoms with E-state index in [2.05, 4.69) is 56.9 Å². The number of hydrogen-bond donors (Lipinski definition) is 1. The van der Waals surface area contributed by atoms with Crippen LogP contribution in [0.4, 0.5) is 5.69 Å². The molecule has 32 heavy (non-hydrogen) atoms. The van der Waals surface area contributed by atoms with Gasteiger partial charge in [0.15, 0.2) is 0 Å². The van der Waals surface area contributed by atoms with E-state index in [1.54, 1.807) is 0 Å². The fourth-order valence-electron chi connectivity index (χ4n) is 4.17. The van der Waals surface area contributed by atoms with E-state index < -0.39 is 5.79 Å². The summed E-state index contributed by atoms with van der Waals surface area (Å²) in [6, 6.07) is 16.3. The van der Waals surface area contributed by atoms with Crippen LogP contribution in [-0.4, -0.2) is 30.6 Å². The molecule has 0 amide bonds. The third-order valence-corrected chi connectivity index (χ3v) is 6.21. The number of aryl methyl sites for hydroxylation is 1. The molecule has 1 unspecified atom stereocenters. The molecule has 1 saturated carbocycles. The highest BCUT2D eigenvalue weighted by molar-refractivity contribution is 5.67. The monoisotopic (exact) mass is 437 g/mol. The first-order valence-electron chi connectivity index (χ1n) is 11.6. The van der Waals surface area contributed by atoms with Gasteiger partial charge in [0.05, 0.1) is 13.2 Å². The number of hydrogen-bond acceptors (Lipinski definition) is 5. The van der Waals surface area contributed by atoms with Crippen molar-refractivity contribution in [3.8, 4) is 5.75 Å². The summed E-state index contributed by atoms with van der Waals surface area (Å²) in [5.41, 5.74) is 3.81. The van der Waals surface area contributed by atoms with Crippen LogP contribution in [0.25, 0.3) is 5.57 Å². The fourth-order valence-corrected chi connectivity index (χ4v) is 4.17. The highest BCUT2D eigenvalue weighted by Crippen LogP contribution is 2.37. The smallest absolute Gasteiger partial charge is 0.201 e. The van der Waals surface area contributed by atoms with Gasteiger partial charge in [-0.2, -0.15) is 0 Å². The van der Waals surface area contributed by atoms with Crippen molar-refractivity contribution in [3.05, 3.63) is 66.2 Å². The zero-order valence-corrected chi connectivity index (χ0v) is 19.5. The maximum Gasteiger partial charge on any atom is 0.201 e. The minimum atomic E-state index is -0.551. The van der Waals surface area contributed by atoms with Gasteiger partial charge in [0, 0.05) is 18.5 Å². The maximum atomic E-state index is 6.23. The summed E-state index contributed by atoms with van der Waals surface area (Å²) < 4.78 is 12.3. The molecule has 1 N–H and O–H groups in total. The van der Waals surface area contributed by atoms with Crippen molar-refractivity contribution in [1.82, 2.24) is 0 Å². The van der Waals surface area contributed by atoms with Crippen LogP contribution in [-0.2, 0) is 14.5 Å². The highest BCUT2D eigenvalue weighted by atomic mass is 17.2. The summed E-state index contributed by atoms with van der Waals surface area (Å²) in [5.74, 6) is 0.265.